The molecule has 0 radical (unpaired) electrons. The minimum atomic E-state index is -0.692. The van der Waals surface area contributed by atoms with Crippen molar-refractivity contribution in [1.29, 1.82) is 0 Å². The van der Waals surface area contributed by atoms with Gasteiger partial charge in [-0.15, -0.1) is 11.3 Å². The Kier molecular flexibility index (Phi) is 4.77. The van der Waals surface area contributed by atoms with Gasteiger partial charge < -0.3 is 0 Å². The van der Waals surface area contributed by atoms with E-state index in [9.17, 15) is 19.2 Å². The van der Waals surface area contributed by atoms with E-state index in [4.69, 9.17) is 0 Å². The van der Waals surface area contributed by atoms with Crippen molar-refractivity contribution in [3.05, 3.63) is 93.7 Å². The molecule has 0 amide bonds. The standard InChI is InChI=1S/C20H12O4S/c21-17(13-7-3-1-4-8-13)19(23)15-11-12-16(25-15)20(24)18(22)14-9-5-2-6-10-14/h1-12H. The van der Waals surface area contributed by atoms with E-state index >= 15 is 0 Å². The van der Waals surface area contributed by atoms with Crippen LogP contribution in [-0.4, -0.2) is 23.1 Å². The first kappa shape index (κ1) is 16.7. The summed E-state index contributed by atoms with van der Waals surface area (Å²) in [7, 11) is 0. The van der Waals surface area contributed by atoms with E-state index in [1.165, 1.54) is 12.1 Å². The van der Waals surface area contributed by atoms with Crippen LogP contribution in [0.5, 0.6) is 0 Å². The molecule has 122 valence electrons. The lowest BCUT2D eigenvalue weighted by atomic mass is 10.1. The number of carbonyl (C=O) groups is 4. The van der Waals surface area contributed by atoms with E-state index < -0.39 is 23.1 Å². The zero-order chi connectivity index (χ0) is 17.8. The number of Topliss-reactive ketones (excluding diaryl/α,β-unsaturated/α-hetero) is 4. The molecule has 2 aromatic carbocycles. The van der Waals surface area contributed by atoms with E-state index in [0.717, 1.165) is 11.3 Å². The molecule has 0 saturated carbocycles. The first-order chi connectivity index (χ1) is 12.1. The van der Waals surface area contributed by atoms with Gasteiger partial charge in [-0.3, -0.25) is 19.2 Å². The minimum absolute atomic E-state index is 0.137. The summed E-state index contributed by atoms with van der Waals surface area (Å²) in [6.07, 6.45) is 0. The second-order valence-electron chi connectivity index (χ2n) is 5.21. The zero-order valence-corrected chi connectivity index (χ0v) is 13.8. The van der Waals surface area contributed by atoms with Gasteiger partial charge in [0.2, 0.25) is 23.1 Å². The minimum Gasteiger partial charge on any atom is -0.285 e. The van der Waals surface area contributed by atoms with Crippen LogP contribution in [0.2, 0.25) is 0 Å². The first-order valence-corrected chi connectivity index (χ1v) is 8.27. The lowest BCUT2D eigenvalue weighted by Crippen LogP contribution is -2.13. The summed E-state index contributed by atoms with van der Waals surface area (Å²) in [4.78, 5) is 49.2. The molecule has 0 aliphatic heterocycles. The van der Waals surface area contributed by atoms with Crippen LogP contribution in [0.25, 0.3) is 0 Å². The Morgan fingerprint density at radius 3 is 1.20 bits per heavy atom. The molecule has 0 aliphatic carbocycles. The van der Waals surface area contributed by atoms with Crippen molar-refractivity contribution in [3.8, 4) is 0 Å². The normalized spacial score (nSPS) is 10.2. The first-order valence-electron chi connectivity index (χ1n) is 7.46. The highest BCUT2D eigenvalue weighted by molar-refractivity contribution is 7.17. The smallest absolute Gasteiger partial charge is 0.243 e. The van der Waals surface area contributed by atoms with Crippen molar-refractivity contribution < 1.29 is 19.2 Å². The Bertz CT molecular complexity index is 878. The van der Waals surface area contributed by atoms with Crippen molar-refractivity contribution in [2.24, 2.45) is 0 Å². The average Bonchev–Trinajstić information content (AvgIpc) is 3.17. The van der Waals surface area contributed by atoms with E-state index in [0.29, 0.717) is 0 Å². The van der Waals surface area contributed by atoms with Crippen molar-refractivity contribution in [2.45, 2.75) is 0 Å². The van der Waals surface area contributed by atoms with Gasteiger partial charge in [-0.25, -0.2) is 0 Å². The topological polar surface area (TPSA) is 68.3 Å². The lowest BCUT2D eigenvalue weighted by Gasteiger charge is -1.98. The summed E-state index contributed by atoms with van der Waals surface area (Å²) in [5, 5.41) is 0. The van der Waals surface area contributed by atoms with Crippen LogP contribution in [0.1, 0.15) is 40.1 Å². The fourth-order valence-corrected chi connectivity index (χ4v) is 3.13. The maximum Gasteiger partial charge on any atom is 0.243 e. The fraction of sp³-hybridized carbons (Fsp3) is 0. The molecule has 25 heavy (non-hydrogen) atoms. The molecule has 0 spiro atoms. The van der Waals surface area contributed by atoms with Gasteiger partial charge >= 0.3 is 0 Å². The summed E-state index contributed by atoms with van der Waals surface area (Å²) in [5.41, 5.74) is 0.572. The lowest BCUT2D eigenvalue weighted by molar-refractivity contribution is 0.0818. The summed E-state index contributed by atoms with van der Waals surface area (Å²) in [6.45, 7) is 0. The number of carbonyl (C=O) groups excluding carboxylic acids is 4. The third-order valence-corrected chi connectivity index (χ3v) is 4.62. The zero-order valence-electron chi connectivity index (χ0n) is 13.0. The Balaban J connectivity index is 1.80. The van der Waals surface area contributed by atoms with E-state index in [1.54, 1.807) is 60.7 Å². The Morgan fingerprint density at radius 1 is 0.480 bits per heavy atom. The van der Waals surface area contributed by atoms with Gasteiger partial charge in [0, 0.05) is 11.1 Å². The number of hydrogen-bond acceptors (Lipinski definition) is 5. The van der Waals surface area contributed by atoms with Gasteiger partial charge in [0.05, 0.1) is 9.75 Å². The van der Waals surface area contributed by atoms with Gasteiger partial charge in [-0.05, 0) is 12.1 Å². The average molecular weight is 348 g/mol. The Labute approximate surface area is 147 Å². The van der Waals surface area contributed by atoms with Gasteiger partial charge in [0.25, 0.3) is 0 Å². The molecule has 0 aliphatic rings. The Hall–Kier alpha value is -3.18. The molecule has 4 nitrogen and oxygen atoms in total. The molecule has 3 rings (SSSR count). The van der Waals surface area contributed by atoms with Crippen LogP contribution in [0, 0.1) is 0 Å². The maximum atomic E-state index is 12.3. The van der Waals surface area contributed by atoms with E-state index in [2.05, 4.69) is 0 Å². The van der Waals surface area contributed by atoms with Gasteiger partial charge in [0.15, 0.2) is 0 Å². The summed E-state index contributed by atoms with van der Waals surface area (Å²) < 4.78 is 0. The van der Waals surface area contributed by atoms with Gasteiger partial charge in [-0.2, -0.15) is 0 Å². The van der Waals surface area contributed by atoms with Crippen LogP contribution in [0.15, 0.2) is 72.8 Å². The van der Waals surface area contributed by atoms with Crippen LogP contribution in [0.3, 0.4) is 0 Å². The predicted octanol–water partition coefficient (Wildman–Crippen LogP) is 3.88. The molecule has 0 saturated heterocycles. The highest BCUT2D eigenvalue weighted by atomic mass is 32.1. The molecule has 0 atom stereocenters. The maximum absolute atomic E-state index is 12.3. The van der Waals surface area contributed by atoms with Gasteiger partial charge in [-0.1, -0.05) is 60.7 Å². The molecule has 0 N–H and O–H groups in total. The van der Waals surface area contributed by atoms with Crippen LogP contribution < -0.4 is 0 Å². The molecule has 1 heterocycles. The number of benzene rings is 2. The summed E-state index contributed by atoms with van der Waals surface area (Å²) in [5.74, 6) is -2.67. The molecule has 0 unspecified atom stereocenters. The Morgan fingerprint density at radius 2 is 0.840 bits per heavy atom. The highest BCUT2D eigenvalue weighted by Gasteiger charge is 2.24. The second kappa shape index (κ2) is 7.15. The van der Waals surface area contributed by atoms with Crippen LogP contribution >= 0.6 is 11.3 Å². The van der Waals surface area contributed by atoms with Crippen molar-refractivity contribution in [2.75, 3.05) is 0 Å². The molecule has 1 aromatic heterocycles. The summed E-state index contributed by atoms with van der Waals surface area (Å²) in [6, 6.07) is 19.2. The highest BCUT2D eigenvalue weighted by Crippen LogP contribution is 2.21. The fourth-order valence-electron chi connectivity index (χ4n) is 2.25. The van der Waals surface area contributed by atoms with E-state index in [1.807, 2.05) is 0 Å². The van der Waals surface area contributed by atoms with Crippen molar-refractivity contribution >= 4 is 34.5 Å². The van der Waals surface area contributed by atoms with Gasteiger partial charge in [0.1, 0.15) is 0 Å². The summed E-state index contributed by atoms with van der Waals surface area (Å²) >= 11 is 0.854. The largest absolute Gasteiger partial charge is 0.285 e. The number of hydrogen-bond donors (Lipinski definition) is 0. The van der Waals surface area contributed by atoms with Crippen molar-refractivity contribution in [3.63, 3.8) is 0 Å². The number of ketones is 4. The molecular weight excluding hydrogens is 336 g/mol. The predicted molar refractivity (Wildman–Crippen MR) is 94.5 cm³/mol. The second-order valence-corrected chi connectivity index (χ2v) is 6.30. The molecular formula is C20H12O4S. The molecule has 0 bridgehead atoms. The third-order valence-electron chi connectivity index (χ3n) is 3.54. The monoisotopic (exact) mass is 348 g/mol. The van der Waals surface area contributed by atoms with E-state index in [-0.39, 0.29) is 20.9 Å². The quantitative estimate of drug-likeness (QED) is 0.501. The van der Waals surface area contributed by atoms with Crippen LogP contribution in [0.4, 0.5) is 0 Å². The SMILES string of the molecule is O=C(C(=O)c1ccc(C(=O)C(=O)c2ccccc2)s1)c1ccccc1. The number of rotatable bonds is 6. The third kappa shape index (κ3) is 3.51. The van der Waals surface area contributed by atoms with Crippen molar-refractivity contribution in [1.82, 2.24) is 0 Å². The molecule has 3 aromatic rings. The van der Waals surface area contributed by atoms with Crippen LogP contribution in [-0.2, 0) is 0 Å². The number of thiophene rings is 1. The molecule has 5 heteroatoms. The molecule has 0 fully saturated rings.